The zero-order valence-electron chi connectivity index (χ0n) is 10.6. The molecule has 96 valence electrons. The van der Waals surface area contributed by atoms with Crippen LogP contribution in [0.1, 0.15) is 50.3 Å². The van der Waals surface area contributed by atoms with Crippen LogP contribution in [0.15, 0.2) is 0 Å². The van der Waals surface area contributed by atoms with Crippen LogP contribution in [0.5, 0.6) is 0 Å². The van der Waals surface area contributed by atoms with Gasteiger partial charge in [-0.05, 0) is 13.3 Å². The van der Waals surface area contributed by atoms with Crippen molar-refractivity contribution in [2.75, 3.05) is 0 Å². The van der Waals surface area contributed by atoms with Crippen LogP contribution in [0.4, 0.5) is 0 Å². The smallest absolute Gasteiger partial charge is 0.358 e. The molecule has 1 heterocycles. The Morgan fingerprint density at radius 1 is 1.47 bits per heavy atom. The molecule has 6 heteroatoms. The first-order valence-electron chi connectivity index (χ1n) is 5.58. The van der Waals surface area contributed by atoms with Gasteiger partial charge in [-0.3, -0.25) is 0 Å². The van der Waals surface area contributed by atoms with Crippen LogP contribution in [-0.2, 0) is 12.0 Å². The number of aliphatic hydroxyl groups excluding tert-OH is 1. The molecule has 2 N–H and O–H groups in total. The average molecular weight is 241 g/mol. The lowest BCUT2D eigenvalue weighted by Gasteiger charge is -2.20. The molecule has 1 atom stereocenters. The summed E-state index contributed by atoms with van der Waals surface area (Å²) in [7, 11) is 0. The standard InChI is InChI=1S/C11H19N3O3/c1-7(15)5-6-14-9(11(2,3)4)8(10(16)17)12-13-14/h7,15H,5-6H2,1-4H3,(H,16,17). The van der Waals surface area contributed by atoms with E-state index in [2.05, 4.69) is 10.3 Å². The van der Waals surface area contributed by atoms with E-state index in [1.807, 2.05) is 20.8 Å². The van der Waals surface area contributed by atoms with E-state index in [4.69, 9.17) is 5.11 Å². The van der Waals surface area contributed by atoms with Crippen molar-refractivity contribution in [2.45, 2.75) is 52.2 Å². The summed E-state index contributed by atoms with van der Waals surface area (Å²) in [6, 6.07) is 0. The molecule has 0 amide bonds. The molecule has 0 aromatic carbocycles. The van der Waals surface area contributed by atoms with Gasteiger partial charge in [0.25, 0.3) is 0 Å². The molecule has 0 radical (unpaired) electrons. The van der Waals surface area contributed by atoms with Gasteiger partial charge in [-0.1, -0.05) is 26.0 Å². The highest BCUT2D eigenvalue weighted by atomic mass is 16.4. The van der Waals surface area contributed by atoms with E-state index in [-0.39, 0.29) is 11.1 Å². The van der Waals surface area contributed by atoms with E-state index < -0.39 is 12.1 Å². The SMILES string of the molecule is CC(O)CCn1nnc(C(=O)O)c1C(C)(C)C. The molecule has 0 saturated heterocycles. The van der Waals surface area contributed by atoms with Crippen LogP contribution in [0.25, 0.3) is 0 Å². The molecule has 1 unspecified atom stereocenters. The molecule has 0 aliphatic carbocycles. The molecule has 0 saturated carbocycles. The summed E-state index contributed by atoms with van der Waals surface area (Å²) >= 11 is 0. The molecule has 0 aliphatic rings. The Bertz CT molecular complexity index is 405. The maximum Gasteiger partial charge on any atom is 0.358 e. The molecular formula is C11H19N3O3. The van der Waals surface area contributed by atoms with Crippen LogP contribution in [0.2, 0.25) is 0 Å². The van der Waals surface area contributed by atoms with Crippen LogP contribution < -0.4 is 0 Å². The summed E-state index contributed by atoms with van der Waals surface area (Å²) in [5.41, 5.74) is 0.226. The van der Waals surface area contributed by atoms with Gasteiger partial charge in [0.2, 0.25) is 0 Å². The van der Waals surface area contributed by atoms with Crippen molar-refractivity contribution in [2.24, 2.45) is 0 Å². The number of carbonyl (C=O) groups is 1. The minimum absolute atomic E-state index is 0.0110. The van der Waals surface area contributed by atoms with Gasteiger partial charge in [-0.2, -0.15) is 0 Å². The fraction of sp³-hybridized carbons (Fsp3) is 0.727. The van der Waals surface area contributed by atoms with Crippen molar-refractivity contribution >= 4 is 5.97 Å². The quantitative estimate of drug-likeness (QED) is 0.822. The second kappa shape index (κ2) is 4.83. The summed E-state index contributed by atoms with van der Waals surface area (Å²) in [6.45, 7) is 7.89. The number of hydrogen-bond acceptors (Lipinski definition) is 4. The van der Waals surface area contributed by atoms with E-state index in [1.165, 1.54) is 0 Å². The zero-order chi connectivity index (χ0) is 13.2. The average Bonchev–Trinajstić information content (AvgIpc) is 2.57. The molecule has 6 nitrogen and oxygen atoms in total. The molecule has 0 bridgehead atoms. The summed E-state index contributed by atoms with van der Waals surface area (Å²) < 4.78 is 1.57. The van der Waals surface area contributed by atoms with Gasteiger partial charge in [0.1, 0.15) is 0 Å². The molecule has 1 rings (SSSR count). The molecular weight excluding hydrogens is 222 g/mol. The lowest BCUT2D eigenvalue weighted by atomic mass is 9.90. The number of hydrogen-bond donors (Lipinski definition) is 2. The lowest BCUT2D eigenvalue weighted by Crippen LogP contribution is -2.22. The number of carboxylic acid groups (broad SMARTS) is 1. The topological polar surface area (TPSA) is 88.2 Å². The molecule has 0 spiro atoms. The Morgan fingerprint density at radius 2 is 2.06 bits per heavy atom. The number of nitrogens with zero attached hydrogens (tertiary/aromatic N) is 3. The molecule has 1 aromatic heterocycles. The first-order chi connectivity index (χ1) is 7.73. The van der Waals surface area contributed by atoms with Gasteiger partial charge in [0.15, 0.2) is 5.69 Å². The molecule has 17 heavy (non-hydrogen) atoms. The third-order valence-corrected chi connectivity index (χ3v) is 2.41. The maximum atomic E-state index is 11.1. The minimum atomic E-state index is -1.07. The Morgan fingerprint density at radius 3 is 2.47 bits per heavy atom. The number of rotatable bonds is 4. The summed E-state index contributed by atoms with van der Waals surface area (Å²) in [6.07, 6.45) is 0.0752. The zero-order valence-corrected chi connectivity index (χ0v) is 10.6. The maximum absolute atomic E-state index is 11.1. The van der Waals surface area contributed by atoms with Crippen molar-refractivity contribution in [3.05, 3.63) is 11.4 Å². The van der Waals surface area contributed by atoms with Gasteiger partial charge in [0.05, 0.1) is 11.8 Å². The Balaban J connectivity index is 3.10. The van der Waals surface area contributed by atoms with E-state index in [9.17, 15) is 9.90 Å². The predicted molar refractivity (Wildman–Crippen MR) is 62.0 cm³/mol. The predicted octanol–water partition coefficient (Wildman–Crippen LogP) is 1.04. The number of aryl methyl sites for hydroxylation is 1. The minimum Gasteiger partial charge on any atom is -0.476 e. The van der Waals surface area contributed by atoms with Gasteiger partial charge in [-0.15, -0.1) is 5.10 Å². The lowest BCUT2D eigenvalue weighted by molar-refractivity contribution is 0.0687. The monoisotopic (exact) mass is 241 g/mol. The van der Waals surface area contributed by atoms with Crippen molar-refractivity contribution in [3.8, 4) is 0 Å². The summed E-state index contributed by atoms with van der Waals surface area (Å²) in [5.74, 6) is -1.07. The first-order valence-corrected chi connectivity index (χ1v) is 5.58. The Kier molecular flexibility index (Phi) is 3.87. The molecule has 1 aromatic rings. The van der Waals surface area contributed by atoms with Crippen LogP contribution in [0, 0.1) is 0 Å². The Labute approximate surface area is 100 Å². The van der Waals surface area contributed by atoms with Crippen molar-refractivity contribution in [1.29, 1.82) is 0 Å². The van der Waals surface area contributed by atoms with Gasteiger partial charge >= 0.3 is 5.97 Å². The fourth-order valence-corrected chi connectivity index (χ4v) is 1.67. The van der Waals surface area contributed by atoms with Crippen molar-refractivity contribution in [3.63, 3.8) is 0 Å². The van der Waals surface area contributed by atoms with E-state index in [1.54, 1.807) is 11.6 Å². The first kappa shape index (κ1) is 13.6. The number of aromatic nitrogens is 3. The number of carboxylic acids is 1. The van der Waals surface area contributed by atoms with Crippen LogP contribution in [-0.4, -0.2) is 37.3 Å². The summed E-state index contributed by atoms with van der Waals surface area (Å²) in [4.78, 5) is 11.1. The fourth-order valence-electron chi connectivity index (χ4n) is 1.67. The summed E-state index contributed by atoms with van der Waals surface area (Å²) in [5, 5.41) is 25.8. The third-order valence-electron chi connectivity index (χ3n) is 2.41. The van der Waals surface area contributed by atoms with Crippen molar-refractivity contribution < 1.29 is 15.0 Å². The van der Waals surface area contributed by atoms with E-state index >= 15 is 0 Å². The van der Waals surface area contributed by atoms with E-state index in [0.717, 1.165) is 0 Å². The van der Waals surface area contributed by atoms with Gasteiger partial charge in [-0.25, -0.2) is 9.48 Å². The number of aliphatic hydroxyl groups is 1. The number of aromatic carboxylic acids is 1. The van der Waals surface area contributed by atoms with Crippen LogP contribution in [0.3, 0.4) is 0 Å². The highest BCUT2D eigenvalue weighted by molar-refractivity contribution is 5.86. The third kappa shape index (κ3) is 3.26. The van der Waals surface area contributed by atoms with E-state index in [0.29, 0.717) is 18.7 Å². The molecule has 0 aliphatic heterocycles. The van der Waals surface area contributed by atoms with Gasteiger partial charge in [0, 0.05) is 12.0 Å². The Hall–Kier alpha value is -1.43. The largest absolute Gasteiger partial charge is 0.476 e. The van der Waals surface area contributed by atoms with Crippen LogP contribution >= 0.6 is 0 Å². The molecule has 0 fully saturated rings. The second-order valence-corrected chi connectivity index (χ2v) is 5.20. The van der Waals surface area contributed by atoms with Gasteiger partial charge < -0.3 is 10.2 Å². The normalized spacial score (nSPS) is 13.7. The second-order valence-electron chi connectivity index (χ2n) is 5.20. The highest BCUT2D eigenvalue weighted by Crippen LogP contribution is 2.24. The van der Waals surface area contributed by atoms with Crippen molar-refractivity contribution in [1.82, 2.24) is 15.0 Å². The highest BCUT2D eigenvalue weighted by Gasteiger charge is 2.28.